The summed E-state index contributed by atoms with van der Waals surface area (Å²) < 4.78 is 10.5. The highest BCUT2D eigenvalue weighted by Crippen LogP contribution is 2.34. The topological polar surface area (TPSA) is 109 Å². The molecule has 28 heavy (non-hydrogen) atoms. The zero-order valence-electron chi connectivity index (χ0n) is 15.5. The highest BCUT2D eigenvalue weighted by molar-refractivity contribution is 9.10. The number of benzene rings is 2. The van der Waals surface area contributed by atoms with E-state index in [0.29, 0.717) is 21.3 Å². The van der Waals surface area contributed by atoms with Crippen molar-refractivity contribution in [2.45, 2.75) is 13.0 Å². The lowest BCUT2D eigenvalue weighted by Crippen LogP contribution is -2.43. The van der Waals surface area contributed by atoms with E-state index in [2.05, 4.69) is 31.8 Å². The van der Waals surface area contributed by atoms with Gasteiger partial charge in [-0.1, -0.05) is 0 Å². The Morgan fingerprint density at radius 1 is 1.18 bits per heavy atom. The number of hydrazone groups is 1. The zero-order chi connectivity index (χ0) is 20.7. The fourth-order valence-electron chi connectivity index (χ4n) is 2.18. The van der Waals surface area contributed by atoms with Crippen molar-refractivity contribution >= 4 is 34.0 Å². The molecule has 148 valence electrons. The molecule has 0 bridgehead atoms. The summed E-state index contributed by atoms with van der Waals surface area (Å²) in [5, 5.41) is 16.2. The third-order valence-corrected chi connectivity index (χ3v) is 4.36. The summed E-state index contributed by atoms with van der Waals surface area (Å²) in [6.45, 7) is 1.55. The maximum absolute atomic E-state index is 12.2. The molecule has 0 saturated heterocycles. The van der Waals surface area contributed by atoms with Crippen LogP contribution in [0.3, 0.4) is 0 Å². The van der Waals surface area contributed by atoms with Gasteiger partial charge < -0.3 is 19.9 Å². The van der Waals surface area contributed by atoms with Crippen LogP contribution in [0.5, 0.6) is 17.2 Å². The summed E-state index contributed by atoms with van der Waals surface area (Å²) in [5.41, 5.74) is 3.36. The molecule has 0 spiro atoms. The van der Waals surface area contributed by atoms with Gasteiger partial charge >= 0.3 is 0 Å². The van der Waals surface area contributed by atoms with Crippen molar-refractivity contribution in [2.24, 2.45) is 5.10 Å². The van der Waals surface area contributed by atoms with Gasteiger partial charge in [-0.3, -0.25) is 9.59 Å². The molecule has 8 nitrogen and oxygen atoms in total. The minimum Gasteiger partial charge on any atom is -0.503 e. The first-order chi connectivity index (χ1) is 13.3. The van der Waals surface area contributed by atoms with E-state index in [0.717, 1.165) is 0 Å². The Morgan fingerprint density at radius 3 is 2.46 bits per heavy atom. The van der Waals surface area contributed by atoms with Crippen LogP contribution in [0.25, 0.3) is 0 Å². The maximum Gasteiger partial charge on any atom is 0.262 e. The highest BCUT2D eigenvalue weighted by atomic mass is 79.9. The Kier molecular flexibility index (Phi) is 7.39. The van der Waals surface area contributed by atoms with Crippen molar-refractivity contribution in [3.63, 3.8) is 0 Å². The number of nitrogens with one attached hydrogen (secondary N) is 2. The maximum atomic E-state index is 12.2. The number of amides is 2. The van der Waals surface area contributed by atoms with Crippen molar-refractivity contribution in [1.82, 2.24) is 10.7 Å². The van der Waals surface area contributed by atoms with E-state index in [4.69, 9.17) is 9.47 Å². The van der Waals surface area contributed by atoms with E-state index in [1.807, 2.05) is 0 Å². The minimum absolute atomic E-state index is 0.0291. The number of carbonyl (C=O) groups is 2. The number of halogens is 1. The molecule has 9 heteroatoms. The van der Waals surface area contributed by atoms with E-state index in [1.54, 1.807) is 43.3 Å². The fourth-order valence-corrected chi connectivity index (χ4v) is 2.64. The van der Waals surface area contributed by atoms with E-state index >= 15 is 0 Å². The Balaban J connectivity index is 1.94. The molecule has 2 aromatic rings. The van der Waals surface area contributed by atoms with Crippen LogP contribution in [0.2, 0.25) is 0 Å². The largest absolute Gasteiger partial charge is 0.503 e. The Hall–Kier alpha value is -3.07. The molecular weight excluding hydrogens is 430 g/mol. The minimum atomic E-state index is -0.798. The van der Waals surface area contributed by atoms with Gasteiger partial charge in [-0.05, 0) is 64.8 Å². The molecule has 2 aromatic carbocycles. The molecule has 0 fully saturated rings. The number of nitrogens with zero attached hydrogens (tertiary/aromatic N) is 1. The lowest BCUT2D eigenvalue weighted by atomic mass is 10.2. The summed E-state index contributed by atoms with van der Waals surface area (Å²) in [6, 6.07) is 8.91. The van der Waals surface area contributed by atoms with Crippen LogP contribution in [0, 0.1) is 0 Å². The normalized spacial score (nSPS) is 11.7. The van der Waals surface area contributed by atoms with Gasteiger partial charge in [-0.15, -0.1) is 0 Å². The summed E-state index contributed by atoms with van der Waals surface area (Å²) >= 11 is 3.21. The molecule has 0 aliphatic heterocycles. The van der Waals surface area contributed by atoms with E-state index in [9.17, 15) is 14.7 Å². The first kappa shape index (κ1) is 21.2. The second-order valence-electron chi connectivity index (χ2n) is 5.71. The fraction of sp³-hybridized carbons (Fsp3) is 0.211. The SMILES string of the molecule is COc1ccc(C(=O)NC(C)C(=O)N/N=C/c2cc(Br)c(O)c(OC)c2)cc1. The van der Waals surface area contributed by atoms with Crippen molar-refractivity contribution < 1.29 is 24.2 Å². The summed E-state index contributed by atoms with van der Waals surface area (Å²) in [4.78, 5) is 24.3. The van der Waals surface area contributed by atoms with Crippen LogP contribution in [-0.4, -0.2) is 43.4 Å². The average molecular weight is 450 g/mol. The van der Waals surface area contributed by atoms with E-state index in [1.165, 1.54) is 20.4 Å². The van der Waals surface area contributed by atoms with Crippen LogP contribution in [0.1, 0.15) is 22.8 Å². The van der Waals surface area contributed by atoms with E-state index < -0.39 is 11.9 Å². The van der Waals surface area contributed by atoms with Gasteiger partial charge in [0.05, 0.1) is 24.9 Å². The Labute approximate surface area is 170 Å². The molecular formula is C19H20BrN3O5. The standard InChI is InChI=1S/C19H20BrN3O5/c1-11(22-19(26)13-4-6-14(27-2)7-5-13)18(25)23-21-10-12-8-15(20)17(24)16(9-12)28-3/h4-11,24H,1-3H3,(H,22,26)(H,23,25)/b21-10+. The van der Waals surface area contributed by atoms with E-state index in [-0.39, 0.29) is 17.4 Å². The van der Waals surface area contributed by atoms with Crippen molar-refractivity contribution in [3.8, 4) is 17.2 Å². The number of carbonyl (C=O) groups excluding carboxylic acids is 2. The summed E-state index contributed by atoms with van der Waals surface area (Å²) in [7, 11) is 2.96. The van der Waals surface area contributed by atoms with Gasteiger partial charge in [0.15, 0.2) is 11.5 Å². The van der Waals surface area contributed by atoms with Crippen molar-refractivity contribution in [2.75, 3.05) is 14.2 Å². The quantitative estimate of drug-likeness (QED) is 0.444. The number of phenolic OH excluding ortho intramolecular Hbond substituents is 1. The van der Waals surface area contributed by atoms with Crippen LogP contribution in [-0.2, 0) is 4.79 Å². The van der Waals surface area contributed by atoms with Gasteiger partial charge in [0.25, 0.3) is 11.8 Å². The van der Waals surface area contributed by atoms with Crippen LogP contribution < -0.4 is 20.2 Å². The number of ether oxygens (including phenoxy) is 2. The smallest absolute Gasteiger partial charge is 0.262 e. The van der Waals surface area contributed by atoms with Gasteiger partial charge in [-0.25, -0.2) is 5.43 Å². The Morgan fingerprint density at radius 2 is 1.86 bits per heavy atom. The lowest BCUT2D eigenvalue weighted by molar-refractivity contribution is -0.122. The third kappa shape index (κ3) is 5.46. The van der Waals surface area contributed by atoms with Crippen LogP contribution >= 0.6 is 15.9 Å². The molecule has 0 aromatic heterocycles. The molecule has 2 rings (SSSR count). The number of phenols is 1. The molecule has 0 aliphatic rings. The second-order valence-corrected chi connectivity index (χ2v) is 6.57. The molecule has 3 N–H and O–H groups in total. The first-order valence-electron chi connectivity index (χ1n) is 8.20. The third-order valence-electron chi connectivity index (χ3n) is 3.75. The second kappa shape index (κ2) is 9.75. The number of rotatable bonds is 7. The number of methoxy groups -OCH3 is 2. The molecule has 0 saturated carbocycles. The summed E-state index contributed by atoms with van der Waals surface area (Å²) in [5.74, 6) is -0.000548. The van der Waals surface area contributed by atoms with Gasteiger partial charge in [0.2, 0.25) is 0 Å². The molecule has 0 heterocycles. The molecule has 0 radical (unpaired) electrons. The van der Waals surface area contributed by atoms with Crippen molar-refractivity contribution in [1.29, 1.82) is 0 Å². The zero-order valence-corrected chi connectivity index (χ0v) is 17.1. The van der Waals surface area contributed by atoms with Crippen molar-refractivity contribution in [3.05, 3.63) is 52.0 Å². The lowest BCUT2D eigenvalue weighted by Gasteiger charge is -2.12. The Bertz CT molecular complexity index is 884. The van der Waals surface area contributed by atoms with Crippen LogP contribution in [0.4, 0.5) is 0 Å². The number of hydrogen-bond donors (Lipinski definition) is 3. The first-order valence-corrected chi connectivity index (χ1v) is 8.99. The predicted molar refractivity (Wildman–Crippen MR) is 108 cm³/mol. The number of aromatic hydroxyl groups is 1. The van der Waals surface area contributed by atoms with Gasteiger partial charge in [0, 0.05) is 5.56 Å². The van der Waals surface area contributed by atoms with Crippen LogP contribution in [0.15, 0.2) is 46.0 Å². The molecule has 0 aliphatic carbocycles. The van der Waals surface area contributed by atoms with Gasteiger partial charge in [0.1, 0.15) is 11.8 Å². The van der Waals surface area contributed by atoms with Gasteiger partial charge in [-0.2, -0.15) is 5.10 Å². The average Bonchev–Trinajstić information content (AvgIpc) is 2.70. The highest BCUT2D eigenvalue weighted by Gasteiger charge is 2.16. The summed E-state index contributed by atoms with van der Waals surface area (Å²) in [6.07, 6.45) is 1.39. The predicted octanol–water partition coefficient (Wildman–Crippen LogP) is 2.44. The molecule has 1 unspecified atom stereocenters. The molecule has 1 atom stereocenters. The monoisotopic (exact) mass is 449 g/mol. The molecule has 2 amide bonds. The number of hydrogen-bond acceptors (Lipinski definition) is 6.